The zero-order chi connectivity index (χ0) is 12.5. The number of anilines is 1. The van der Waals surface area contributed by atoms with E-state index in [2.05, 4.69) is 51.1 Å². The molecule has 1 unspecified atom stereocenters. The van der Waals surface area contributed by atoms with Crippen LogP contribution in [0.25, 0.3) is 0 Å². The standard InChI is InChI=1S/C12H14IN3S2/c1-2-11-15-16-12(18-11)14-8-4-3-5-9-7(8)6-10(13)17-9/h6,8H,2-5H2,1H3,(H,14,16). The van der Waals surface area contributed by atoms with E-state index in [-0.39, 0.29) is 0 Å². The number of halogens is 1. The molecule has 0 saturated heterocycles. The molecule has 1 aliphatic carbocycles. The zero-order valence-electron chi connectivity index (χ0n) is 10.1. The first-order chi connectivity index (χ1) is 8.76. The summed E-state index contributed by atoms with van der Waals surface area (Å²) >= 11 is 6.02. The summed E-state index contributed by atoms with van der Waals surface area (Å²) in [6.07, 6.45) is 4.66. The molecule has 0 spiro atoms. The monoisotopic (exact) mass is 391 g/mol. The summed E-state index contributed by atoms with van der Waals surface area (Å²) in [7, 11) is 0. The minimum absolute atomic E-state index is 0.422. The van der Waals surface area contributed by atoms with Crippen molar-refractivity contribution in [1.29, 1.82) is 0 Å². The minimum atomic E-state index is 0.422. The highest BCUT2D eigenvalue weighted by Crippen LogP contribution is 2.38. The van der Waals surface area contributed by atoms with E-state index in [1.54, 1.807) is 16.2 Å². The molecule has 0 amide bonds. The fraction of sp³-hybridized carbons (Fsp3) is 0.500. The second-order valence-corrected chi connectivity index (χ2v) is 8.47. The Labute approximate surface area is 128 Å². The van der Waals surface area contributed by atoms with Crippen LogP contribution < -0.4 is 5.32 Å². The zero-order valence-corrected chi connectivity index (χ0v) is 13.9. The van der Waals surface area contributed by atoms with E-state index in [0.717, 1.165) is 16.6 Å². The van der Waals surface area contributed by atoms with Gasteiger partial charge in [-0.2, -0.15) is 0 Å². The van der Waals surface area contributed by atoms with Crippen LogP contribution in [0.5, 0.6) is 0 Å². The summed E-state index contributed by atoms with van der Waals surface area (Å²) in [5, 5.41) is 14.0. The molecule has 2 aromatic rings. The maximum absolute atomic E-state index is 4.22. The number of nitrogens with one attached hydrogen (secondary N) is 1. The van der Waals surface area contributed by atoms with Crippen LogP contribution >= 0.6 is 45.3 Å². The maximum atomic E-state index is 4.22. The van der Waals surface area contributed by atoms with Crippen LogP contribution in [-0.2, 0) is 12.8 Å². The Morgan fingerprint density at radius 3 is 3.11 bits per heavy atom. The highest BCUT2D eigenvalue weighted by Gasteiger charge is 2.23. The largest absolute Gasteiger partial charge is 0.353 e. The topological polar surface area (TPSA) is 37.8 Å². The Kier molecular flexibility index (Phi) is 3.86. The molecule has 1 N–H and O–H groups in total. The second-order valence-electron chi connectivity index (χ2n) is 4.37. The average molecular weight is 391 g/mol. The van der Waals surface area contributed by atoms with Crippen molar-refractivity contribution in [3.05, 3.63) is 24.4 Å². The van der Waals surface area contributed by atoms with Crippen molar-refractivity contribution in [2.24, 2.45) is 0 Å². The summed E-state index contributed by atoms with van der Waals surface area (Å²) in [5.74, 6) is 0. The Hall–Kier alpha value is -0.210. The van der Waals surface area contributed by atoms with Crippen molar-refractivity contribution in [1.82, 2.24) is 10.2 Å². The summed E-state index contributed by atoms with van der Waals surface area (Å²) in [6, 6.07) is 2.74. The van der Waals surface area contributed by atoms with Gasteiger partial charge in [-0.25, -0.2) is 0 Å². The van der Waals surface area contributed by atoms with Crippen LogP contribution in [0.2, 0.25) is 0 Å². The third-order valence-electron chi connectivity index (χ3n) is 3.15. The quantitative estimate of drug-likeness (QED) is 0.795. The molecule has 96 valence electrons. The molecule has 0 saturated carbocycles. The first kappa shape index (κ1) is 12.8. The van der Waals surface area contributed by atoms with Crippen molar-refractivity contribution in [2.45, 2.75) is 38.6 Å². The molecule has 3 rings (SSSR count). The van der Waals surface area contributed by atoms with Crippen LogP contribution in [-0.4, -0.2) is 10.2 Å². The molecule has 18 heavy (non-hydrogen) atoms. The van der Waals surface area contributed by atoms with Gasteiger partial charge in [0.25, 0.3) is 0 Å². The van der Waals surface area contributed by atoms with Gasteiger partial charge in [0.2, 0.25) is 5.13 Å². The molecule has 3 nitrogen and oxygen atoms in total. The van der Waals surface area contributed by atoms with Crippen molar-refractivity contribution in [3.8, 4) is 0 Å². The number of nitrogens with zero attached hydrogens (tertiary/aromatic N) is 2. The van der Waals surface area contributed by atoms with Gasteiger partial charge in [-0.3, -0.25) is 0 Å². The van der Waals surface area contributed by atoms with Gasteiger partial charge in [0.1, 0.15) is 5.01 Å². The van der Waals surface area contributed by atoms with Crippen LogP contribution in [0.1, 0.15) is 41.3 Å². The van der Waals surface area contributed by atoms with Crippen LogP contribution in [0.15, 0.2) is 6.07 Å². The van der Waals surface area contributed by atoms with Crippen molar-refractivity contribution < 1.29 is 0 Å². The van der Waals surface area contributed by atoms with E-state index >= 15 is 0 Å². The third-order valence-corrected chi connectivity index (χ3v) is 6.12. The van der Waals surface area contributed by atoms with Gasteiger partial charge in [-0.05, 0) is 59.9 Å². The lowest BCUT2D eigenvalue weighted by atomic mass is 9.94. The van der Waals surface area contributed by atoms with Gasteiger partial charge >= 0.3 is 0 Å². The Morgan fingerprint density at radius 2 is 2.33 bits per heavy atom. The van der Waals surface area contributed by atoms with E-state index in [9.17, 15) is 0 Å². The molecule has 1 aliphatic rings. The second kappa shape index (κ2) is 5.42. The van der Waals surface area contributed by atoms with E-state index < -0.39 is 0 Å². The van der Waals surface area contributed by atoms with Crippen molar-refractivity contribution in [3.63, 3.8) is 0 Å². The number of rotatable bonds is 3. The molecule has 6 heteroatoms. The van der Waals surface area contributed by atoms with Gasteiger partial charge in [0.15, 0.2) is 0 Å². The van der Waals surface area contributed by atoms with Gasteiger partial charge in [0.05, 0.1) is 8.93 Å². The highest BCUT2D eigenvalue weighted by atomic mass is 127. The Bertz CT molecular complexity index is 549. The van der Waals surface area contributed by atoms with Crippen molar-refractivity contribution in [2.75, 3.05) is 5.32 Å². The van der Waals surface area contributed by atoms with Gasteiger partial charge in [-0.15, -0.1) is 21.5 Å². The van der Waals surface area contributed by atoms with Gasteiger partial charge < -0.3 is 5.32 Å². The molecule has 0 radical (unpaired) electrons. The van der Waals surface area contributed by atoms with E-state index in [4.69, 9.17) is 0 Å². The van der Waals surface area contributed by atoms with E-state index in [1.165, 1.54) is 27.7 Å². The fourth-order valence-electron chi connectivity index (χ4n) is 2.28. The lowest BCUT2D eigenvalue weighted by molar-refractivity contribution is 0.607. The first-order valence-corrected chi connectivity index (χ1v) is 8.84. The van der Waals surface area contributed by atoms with Crippen LogP contribution in [0, 0.1) is 2.88 Å². The fourth-order valence-corrected chi connectivity index (χ4v) is 5.13. The predicted molar refractivity (Wildman–Crippen MR) is 85.6 cm³/mol. The highest BCUT2D eigenvalue weighted by molar-refractivity contribution is 14.1. The van der Waals surface area contributed by atoms with E-state index in [1.807, 2.05) is 11.3 Å². The minimum Gasteiger partial charge on any atom is -0.353 e. The number of aromatic nitrogens is 2. The molecule has 0 fully saturated rings. The number of aryl methyl sites for hydroxylation is 2. The molecule has 0 bridgehead atoms. The molecular weight excluding hydrogens is 377 g/mol. The number of hydrogen-bond donors (Lipinski definition) is 1. The van der Waals surface area contributed by atoms with E-state index in [0.29, 0.717) is 6.04 Å². The maximum Gasteiger partial charge on any atom is 0.206 e. The number of hydrogen-bond acceptors (Lipinski definition) is 5. The summed E-state index contributed by atoms with van der Waals surface area (Å²) in [4.78, 5) is 1.54. The SMILES string of the molecule is CCc1nnc(NC2CCCc3sc(I)cc32)s1. The Balaban J connectivity index is 1.81. The smallest absolute Gasteiger partial charge is 0.206 e. The van der Waals surface area contributed by atoms with Gasteiger partial charge in [0, 0.05) is 4.88 Å². The average Bonchev–Trinajstić information content (AvgIpc) is 2.95. The van der Waals surface area contributed by atoms with Crippen molar-refractivity contribution >= 4 is 50.4 Å². The molecule has 0 aliphatic heterocycles. The normalized spacial score (nSPS) is 18.7. The van der Waals surface area contributed by atoms with Gasteiger partial charge in [-0.1, -0.05) is 18.3 Å². The lowest BCUT2D eigenvalue weighted by Crippen LogP contribution is -2.15. The van der Waals surface area contributed by atoms with Crippen LogP contribution in [0.3, 0.4) is 0 Å². The first-order valence-electron chi connectivity index (χ1n) is 6.13. The summed E-state index contributed by atoms with van der Waals surface area (Å²) in [5.41, 5.74) is 1.48. The summed E-state index contributed by atoms with van der Waals surface area (Å²) < 4.78 is 1.39. The third kappa shape index (κ3) is 2.55. The molecular formula is C12H14IN3S2. The molecule has 1 atom stereocenters. The lowest BCUT2D eigenvalue weighted by Gasteiger charge is -2.22. The molecule has 0 aromatic carbocycles. The van der Waals surface area contributed by atoms with Crippen LogP contribution in [0.4, 0.5) is 5.13 Å². The molecule has 2 aromatic heterocycles. The number of thiophene rings is 1. The predicted octanol–water partition coefficient (Wildman–Crippen LogP) is 4.26. The Morgan fingerprint density at radius 1 is 1.44 bits per heavy atom. The summed E-state index contributed by atoms with van der Waals surface area (Å²) in [6.45, 7) is 2.12. The number of fused-ring (bicyclic) bond motifs is 1. The molecule has 2 heterocycles.